The Hall–Kier alpha value is -2.53. The van der Waals surface area contributed by atoms with E-state index in [0.29, 0.717) is 16.4 Å². The van der Waals surface area contributed by atoms with Gasteiger partial charge in [-0.05, 0) is 25.1 Å². The molecule has 0 aliphatic rings. The van der Waals surface area contributed by atoms with Gasteiger partial charge in [-0.15, -0.1) is 5.10 Å². The van der Waals surface area contributed by atoms with Crippen LogP contribution in [0.1, 0.15) is 12.5 Å². The predicted molar refractivity (Wildman–Crippen MR) is 78.9 cm³/mol. The summed E-state index contributed by atoms with van der Waals surface area (Å²) in [4.78, 5) is 23.3. The average molecular weight is 303 g/mol. The fourth-order valence-corrected chi connectivity index (χ4v) is 2.38. The molecular weight excluding hydrogens is 290 g/mol. The Labute approximate surface area is 125 Å². The third kappa shape index (κ3) is 3.52. The van der Waals surface area contributed by atoms with Gasteiger partial charge in [0.25, 0.3) is 0 Å². The van der Waals surface area contributed by atoms with Crippen LogP contribution in [0.4, 0.5) is 5.69 Å². The first-order chi connectivity index (χ1) is 10.0. The summed E-state index contributed by atoms with van der Waals surface area (Å²) in [7, 11) is 1.58. The van der Waals surface area contributed by atoms with Crippen molar-refractivity contribution in [1.29, 1.82) is 5.26 Å². The highest BCUT2D eigenvalue weighted by Crippen LogP contribution is 2.20. The molecule has 0 fully saturated rings. The van der Waals surface area contributed by atoms with Crippen LogP contribution in [0.25, 0.3) is 0 Å². The summed E-state index contributed by atoms with van der Waals surface area (Å²) >= 11 is 1.17. The van der Waals surface area contributed by atoms with E-state index in [2.05, 4.69) is 15.5 Å². The molecule has 1 amide bonds. The van der Waals surface area contributed by atoms with E-state index in [1.165, 1.54) is 16.3 Å². The Bertz CT molecular complexity index is 758. The van der Waals surface area contributed by atoms with E-state index in [0.717, 1.165) is 0 Å². The number of hydrogen-bond acceptors (Lipinski definition) is 5. The normalized spacial score (nSPS) is 11.7. The molecule has 1 aromatic heterocycles. The zero-order chi connectivity index (χ0) is 15.4. The number of nitriles is 1. The second-order valence-corrected chi connectivity index (χ2v) is 5.62. The van der Waals surface area contributed by atoms with Crippen molar-refractivity contribution < 1.29 is 4.79 Å². The lowest BCUT2D eigenvalue weighted by atomic mass is 10.2. The summed E-state index contributed by atoms with van der Waals surface area (Å²) in [5, 5.41) is 17.7. The largest absolute Gasteiger partial charge is 0.343 e. The third-order valence-electron chi connectivity index (χ3n) is 2.75. The summed E-state index contributed by atoms with van der Waals surface area (Å²) < 4.78 is 1.34. The first kappa shape index (κ1) is 14.9. The first-order valence-electron chi connectivity index (χ1n) is 6.10. The van der Waals surface area contributed by atoms with Gasteiger partial charge in [0.05, 0.1) is 16.9 Å². The zero-order valence-corrected chi connectivity index (χ0v) is 12.3. The van der Waals surface area contributed by atoms with Crippen LogP contribution < -0.4 is 11.0 Å². The smallest absolute Gasteiger partial charge is 0.325 e. The minimum absolute atomic E-state index is 0.231. The molecule has 0 spiro atoms. The van der Waals surface area contributed by atoms with Crippen molar-refractivity contribution in [3.63, 3.8) is 0 Å². The van der Waals surface area contributed by atoms with Gasteiger partial charge in [0.2, 0.25) is 5.91 Å². The van der Waals surface area contributed by atoms with E-state index < -0.39 is 5.25 Å². The van der Waals surface area contributed by atoms with E-state index in [-0.39, 0.29) is 11.6 Å². The second kappa shape index (κ2) is 6.28. The Balaban J connectivity index is 2.04. The van der Waals surface area contributed by atoms with Crippen molar-refractivity contribution in [1.82, 2.24) is 14.8 Å². The Morgan fingerprint density at radius 3 is 2.95 bits per heavy atom. The van der Waals surface area contributed by atoms with Gasteiger partial charge in [0.15, 0.2) is 5.16 Å². The van der Waals surface area contributed by atoms with E-state index in [4.69, 9.17) is 5.26 Å². The van der Waals surface area contributed by atoms with Gasteiger partial charge in [-0.25, -0.2) is 9.89 Å². The van der Waals surface area contributed by atoms with E-state index in [1.807, 2.05) is 6.07 Å². The topological polar surface area (TPSA) is 104 Å². The lowest BCUT2D eigenvalue weighted by molar-refractivity contribution is -0.115. The van der Waals surface area contributed by atoms with Crippen LogP contribution in [-0.2, 0) is 11.8 Å². The molecule has 0 radical (unpaired) electrons. The summed E-state index contributed by atoms with van der Waals surface area (Å²) in [6.45, 7) is 1.72. The van der Waals surface area contributed by atoms with Gasteiger partial charge < -0.3 is 5.32 Å². The van der Waals surface area contributed by atoms with Crippen molar-refractivity contribution in [2.45, 2.75) is 17.3 Å². The minimum Gasteiger partial charge on any atom is -0.325 e. The number of benzene rings is 1. The lowest BCUT2D eigenvalue weighted by Gasteiger charge is -2.11. The SMILES string of the molecule is CC(Sc1n[nH]c(=O)n1C)C(=O)Nc1cccc(C#N)c1. The highest BCUT2D eigenvalue weighted by atomic mass is 32.2. The summed E-state index contributed by atoms with van der Waals surface area (Å²) in [6.07, 6.45) is 0. The summed E-state index contributed by atoms with van der Waals surface area (Å²) in [5.41, 5.74) is 0.706. The van der Waals surface area contributed by atoms with Crippen LogP contribution in [0, 0.1) is 11.3 Å². The molecule has 1 unspecified atom stereocenters. The molecule has 2 aromatic rings. The molecule has 8 heteroatoms. The minimum atomic E-state index is -0.440. The zero-order valence-electron chi connectivity index (χ0n) is 11.5. The van der Waals surface area contributed by atoms with Crippen molar-refractivity contribution in [2.24, 2.45) is 7.05 Å². The van der Waals surface area contributed by atoms with Crippen molar-refractivity contribution >= 4 is 23.4 Å². The van der Waals surface area contributed by atoms with Gasteiger partial charge in [-0.3, -0.25) is 9.36 Å². The fourth-order valence-electron chi connectivity index (χ4n) is 1.56. The molecule has 0 saturated heterocycles. The maximum absolute atomic E-state index is 12.1. The number of anilines is 1. The van der Waals surface area contributed by atoms with Crippen LogP contribution in [0.15, 0.2) is 34.2 Å². The maximum Gasteiger partial charge on any atom is 0.343 e. The molecule has 108 valence electrons. The Morgan fingerprint density at radius 2 is 2.33 bits per heavy atom. The molecule has 0 bridgehead atoms. The van der Waals surface area contributed by atoms with E-state index >= 15 is 0 Å². The average Bonchev–Trinajstić information content (AvgIpc) is 2.79. The quantitative estimate of drug-likeness (QED) is 0.823. The maximum atomic E-state index is 12.1. The van der Waals surface area contributed by atoms with Gasteiger partial charge in [-0.1, -0.05) is 17.8 Å². The van der Waals surface area contributed by atoms with Gasteiger partial charge >= 0.3 is 5.69 Å². The number of aromatic amines is 1. The number of H-pyrrole nitrogens is 1. The molecule has 21 heavy (non-hydrogen) atoms. The summed E-state index contributed by atoms with van der Waals surface area (Å²) in [6, 6.07) is 8.67. The molecule has 0 aliphatic carbocycles. The molecule has 7 nitrogen and oxygen atoms in total. The van der Waals surface area contributed by atoms with Crippen LogP contribution in [0.5, 0.6) is 0 Å². The number of nitrogens with one attached hydrogen (secondary N) is 2. The number of thioether (sulfide) groups is 1. The first-order valence-corrected chi connectivity index (χ1v) is 6.98. The second-order valence-electron chi connectivity index (χ2n) is 4.31. The van der Waals surface area contributed by atoms with Crippen LogP contribution in [0.3, 0.4) is 0 Å². The highest BCUT2D eigenvalue weighted by molar-refractivity contribution is 8.00. The highest BCUT2D eigenvalue weighted by Gasteiger charge is 2.18. The monoisotopic (exact) mass is 303 g/mol. The molecule has 2 rings (SSSR count). The van der Waals surface area contributed by atoms with Crippen molar-refractivity contribution in [2.75, 3.05) is 5.32 Å². The standard InChI is InChI=1S/C13H13N5O2S/c1-8(21-13-17-16-12(20)18(13)2)11(19)15-10-5-3-4-9(6-10)7-14/h3-6,8H,1-2H3,(H,15,19)(H,16,20). The Morgan fingerprint density at radius 1 is 1.57 bits per heavy atom. The van der Waals surface area contributed by atoms with Crippen molar-refractivity contribution in [3.8, 4) is 6.07 Å². The lowest BCUT2D eigenvalue weighted by Crippen LogP contribution is -2.23. The number of aromatic nitrogens is 3. The number of hydrogen-bond donors (Lipinski definition) is 2. The molecule has 0 saturated carbocycles. The molecule has 2 N–H and O–H groups in total. The van der Waals surface area contributed by atoms with E-state index in [1.54, 1.807) is 38.2 Å². The van der Waals surface area contributed by atoms with Crippen molar-refractivity contribution in [3.05, 3.63) is 40.3 Å². The molecular formula is C13H13N5O2S. The van der Waals surface area contributed by atoms with E-state index in [9.17, 15) is 9.59 Å². The fraction of sp³-hybridized carbons (Fsp3) is 0.231. The third-order valence-corrected chi connectivity index (χ3v) is 3.89. The van der Waals surface area contributed by atoms with Crippen LogP contribution in [0.2, 0.25) is 0 Å². The molecule has 1 heterocycles. The summed E-state index contributed by atoms with van der Waals surface area (Å²) in [5.74, 6) is -0.231. The van der Waals surface area contributed by atoms with Gasteiger partial charge in [0.1, 0.15) is 0 Å². The number of carbonyl (C=O) groups excluding carboxylic acids is 1. The van der Waals surface area contributed by atoms with Gasteiger partial charge in [0, 0.05) is 12.7 Å². The number of nitrogens with zero attached hydrogens (tertiary/aromatic N) is 3. The predicted octanol–water partition coefficient (Wildman–Crippen LogP) is 1.10. The molecule has 1 aromatic carbocycles. The number of carbonyl (C=O) groups is 1. The van der Waals surface area contributed by atoms with Crippen LogP contribution in [-0.4, -0.2) is 25.9 Å². The number of rotatable bonds is 4. The number of amides is 1. The molecule has 1 atom stereocenters. The van der Waals surface area contributed by atoms with Crippen LogP contribution >= 0.6 is 11.8 Å². The Kier molecular flexibility index (Phi) is 4.45. The van der Waals surface area contributed by atoms with Gasteiger partial charge in [-0.2, -0.15) is 5.26 Å². The molecule has 0 aliphatic heterocycles.